The summed E-state index contributed by atoms with van der Waals surface area (Å²) >= 11 is 1.32. The lowest BCUT2D eigenvalue weighted by Gasteiger charge is -2.38. The van der Waals surface area contributed by atoms with Crippen LogP contribution in [-0.2, 0) is 9.47 Å². The van der Waals surface area contributed by atoms with Crippen molar-refractivity contribution in [3.8, 4) is 0 Å². The third kappa shape index (κ3) is 3.70. The number of nitrogens with zero attached hydrogens (tertiary/aromatic N) is 3. The molecule has 152 valence electrons. The summed E-state index contributed by atoms with van der Waals surface area (Å²) in [4.78, 5) is 24.9. The van der Waals surface area contributed by atoms with Gasteiger partial charge in [-0.15, -0.1) is 11.3 Å². The molecule has 1 aliphatic heterocycles. The molecule has 0 bridgehead atoms. The second kappa shape index (κ2) is 7.68. The van der Waals surface area contributed by atoms with Crippen molar-refractivity contribution >= 4 is 33.3 Å². The summed E-state index contributed by atoms with van der Waals surface area (Å²) < 4.78 is 24.4. The molecule has 2 aromatic heterocycles. The van der Waals surface area contributed by atoms with E-state index in [1.807, 2.05) is 20.8 Å². The molecule has 3 aromatic rings. The van der Waals surface area contributed by atoms with Crippen molar-refractivity contribution < 1.29 is 18.7 Å². The molecule has 4 rings (SSSR count). The Morgan fingerprint density at radius 3 is 2.66 bits per heavy atom. The van der Waals surface area contributed by atoms with Crippen molar-refractivity contribution in [3.63, 3.8) is 0 Å². The molecule has 3 heterocycles. The fraction of sp³-hybridized carbons (Fsp3) is 0.381. The average molecular weight is 415 g/mol. The van der Waals surface area contributed by atoms with Gasteiger partial charge in [-0.25, -0.2) is 19.2 Å². The van der Waals surface area contributed by atoms with Gasteiger partial charge in [0.15, 0.2) is 0 Å². The van der Waals surface area contributed by atoms with E-state index in [-0.39, 0.29) is 24.0 Å². The zero-order valence-corrected chi connectivity index (χ0v) is 17.5. The number of thiophene rings is 1. The third-order valence-corrected chi connectivity index (χ3v) is 6.22. The maximum absolute atomic E-state index is 13.3. The Morgan fingerprint density at radius 2 is 1.97 bits per heavy atom. The molecule has 0 spiro atoms. The fourth-order valence-corrected chi connectivity index (χ4v) is 4.86. The SMILES string of the molecule is COC(=O)c1sc2nc(C)nc(N3CC(C)OC(c4ccc(F)cc4)C3)c2c1C. The first kappa shape index (κ1) is 19.7. The van der Waals surface area contributed by atoms with Gasteiger partial charge >= 0.3 is 5.97 Å². The molecule has 0 saturated carbocycles. The summed E-state index contributed by atoms with van der Waals surface area (Å²) in [5.74, 6) is 0.793. The molecule has 2 unspecified atom stereocenters. The predicted molar refractivity (Wildman–Crippen MR) is 110 cm³/mol. The minimum absolute atomic E-state index is 0.0388. The fourth-order valence-electron chi connectivity index (χ4n) is 3.72. The van der Waals surface area contributed by atoms with E-state index in [0.717, 1.165) is 27.2 Å². The Balaban J connectivity index is 1.77. The highest BCUT2D eigenvalue weighted by atomic mass is 32.1. The van der Waals surface area contributed by atoms with Gasteiger partial charge in [0, 0.05) is 13.1 Å². The Morgan fingerprint density at radius 1 is 1.24 bits per heavy atom. The number of fused-ring (bicyclic) bond motifs is 1. The number of benzene rings is 1. The molecular weight excluding hydrogens is 393 g/mol. The smallest absolute Gasteiger partial charge is 0.348 e. The first-order chi connectivity index (χ1) is 13.9. The van der Waals surface area contributed by atoms with Gasteiger partial charge < -0.3 is 14.4 Å². The molecule has 0 aliphatic carbocycles. The molecule has 0 amide bonds. The van der Waals surface area contributed by atoms with Crippen LogP contribution in [0.15, 0.2) is 24.3 Å². The molecule has 29 heavy (non-hydrogen) atoms. The lowest BCUT2D eigenvalue weighted by Crippen LogP contribution is -2.43. The van der Waals surface area contributed by atoms with Crippen LogP contribution in [0.5, 0.6) is 0 Å². The number of carbonyl (C=O) groups excluding carboxylic acids is 1. The lowest BCUT2D eigenvalue weighted by atomic mass is 10.1. The van der Waals surface area contributed by atoms with Crippen LogP contribution in [0.25, 0.3) is 10.2 Å². The van der Waals surface area contributed by atoms with E-state index in [4.69, 9.17) is 14.5 Å². The van der Waals surface area contributed by atoms with Crippen LogP contribution >= 0.6 is 11.3 Å². The van der Waals surface area contributed by atoms with E-state index in [1.165, 1.54) is 30.6 Å². The van der Waals surface area contributed by atoms with Crippen LogP contribution in [0.4, 0.5) is 10.2 Å². The second-order valence-corrected chi connectivity index (χ2v) is 8.21. The first-order valence-corrected chi connectivity index (χ1v) is 10.2. The number of ether oxygens (including phenoxy) is 2. The molecule has 1 aliphatic rings. The van der Waals surface area contributed by atoms with Crippen LogP contribution in [0, 0.1) is 19.7 Å². The quantitative estimate of drug-likeness (QED) is 0.598. The predicted octanol–water partition coefficient (Wildman–Crippen LogP) is 4.20. The lowest BCUT2D eigenvalue weighted by molar-refractivity contribution is -0.0175. The molecule has 2 atom stereocenters. The van der Waals surface area contributed by atoms with Crippen molar-refractivity contribution in [1.82, 2.24) is 9.97 Å². The summed E-state index contributed by atoms with van der Waals surface area (Å²) in [6, 6.07) is 6.40. The second-order valence-electron chi connectivity index (χ2n) is 7.21. The van der Waals surface area contributed by atoms with Crippen molar-refractivity contribution in [2.24, 2.45) is 0 Å². The van der Waals surface area contributed by atoms with Gasteiger partial charge in [-0.3, -0.25) is 0 Å². The van der Waals surface area contributed by atoms with Crippen LogP contribution in [-0.4, -0.2) is 42.2 Å². The summed E-state index contributed by atoms with van der Waals surface area (Å²) in [6.45, 7) is 6.98. The maximum atomic E-state index is 13.3. The van der Waals surface area contributed by atoms with Gasteiger partial charge in [0.05, 0.1) is 18.6 Å². The van der Waals surface area contributed by atoms with Crippen LogP contribution in [0.2, 0.25) is 0 Å². The molecule has 8 heteroatoms. The minimum atomic E-state index is -0.367. The van der Waals surface area contributed by atoms with Crippen LogP contribution in [0.1, 0.15) is 39.7 Å². The molecule has 0 radical (unpaired) electrons. The zero-order chi connectivity index (χ0) is 20.7. The van der Waals surface area contributed by atoms with Gasteiger partial charge in [0.1, 0.15) is 33.3 Å². The highest BCUT2D eigenvalue weighted by molar-refractivity contribution is 7.20. The number of rotatable bonds is 3. The number of halogens is 1. The van der Waals surface area contributed by atoms with E-state index >= 15 is 0 Å². The summed E-state index contributed by atoms with van der Waals surface area (Å²) in [5, 5.41) is 0.868. The first-order valence-electron chi connectivity index (χ1n) is 9.39. The van der Waals surface area contributed by atoms with Gasteiger partial charge in [0.25, 0.3) is 0 Å². The monoisotopic (exact) mass is 415 g/mol. The van der Waals surface area contributed by atoms with E-state index in [2.05, 4.69) is 9.88 Å². The zero-order valence-electron chi connectivity index (χ0n) is 16.7. The van der Waals surface area contributed by atoms with Crippen molar-refractivity contribution in [2.45, 2.75) is 33.0 Å². The summed E-state index contributed by atoms with van der Waals surface area (Å²) in [7, 11) is 1.38. The van der Waals surface area contributed by atoms with Gasteiger partial charge in [-0.05, 0) is 44.0 Å². The third-order valence-electron chi connectivity index (χ3n) is 5.06. The number of carbonyl (C=O) groups is 1. The van der Waals surface area contributed by atoms with Gasteiger partial charge in [-0.1, -0.05) is 12.1 Å². The Bertz CT molecular complexity index is 1070. The largest absolute Gasteiger partial charge is 0.465 e. The highest BCUT2D eigenvalue weighted by Gasteiger charge is 2.30. The van der Waals surface area contributed by atoms with Gasteiger partial charge in [-0.2, -0.15) is 0 Å². The maximum Gasteiger partial charge on any atom is 0.348 e. The average Bonchev–Trinajstić information content (AvgIpc) is 3.03. The van der Waals surface area contributed by atoms with E-state index in [9.17, 15) is 9.18 Å². The number of morpholine rings is 1. The standard InChI is InChI=1S/C21H22FN3O3S/c1-11-9-25(10-16(28-11)14-5-7-15(22)8-6-14)19-17-12(2)18(21(26)27-4)29-20(17)24-13(3)23-19/h5-8,11,16H,9-10H2,1-4H3. The Labute approximate surface area is 172 Å². The Hall–Kier alpha value is -2.58. The normalized spacial score (nSPS) is 19.6. The van der Waals surface area contributed by atoms with Crippen LogP contribution in [0.3, 0.4) is 0 Å². The number of anilines is 1. The number of methoxy groups -OCH3 is 1. The molecule has 1 fully saturated rings. The van der Waals surface area contributed by atoms with Crippen molar-refractivity contribution in [2.75, 3.05) is 25.1 Å². The Kier molecular flexibility index (Phi) is 5.23. The van der Waals surface area contributed by atoms with E-state index in [0.29, 0.717) is 23.8 Å². The van der Waals surface area contributed by atoms with Gasteiger partial charge in [0.2, 0.25) is 0 Å². The topological polar surface area (TPSA) is 64.5 Å². The van der Waals surface area contributed by atoms with Crippen LogP contribution < -0.4 is 4.90 Å². The number of esters is 1. The summed E-state index contributed by atoms with van der Waals surface area (Å²) in [6.07, 6.45) is -0.244. The van der Waals surface area contributed by atoms with E-state index < -0.39 is 0 Å². The van der Waals surface area contributed by atoms with Crippen molar-refractivity contribution in [3.05, 3.63) is 51.9 Å². The molecule has 0 N–H and O–H groups in total. The number of aromatic nitrogens is 2. The molecule has 1 aromatic carbocycles. The highest BCUT2D eigenvalue weighted by Crippen LogP contribution is 2.38. The summed E-state index contributed by atoms with van der Waals surface area (Å²) in [5.41, 5.74) is 1.74. The van der Waals surface area contributed by atoms with E-state index in [1.54, 1.807) is 12.1 Å². The number of hydrogen-bond acceptors (Lipinski definition) is 7. The minimum Gasteiger partial charge on any atom is -0.465 e. The molecule has 1 saturated heterocycles. The number of aryl methyl sites for hydroxylation is 2. The molecular formula is C21H22FN3O3S. The van der Waals surface area contributed by atoms with Crippen molar-refractivity contribution in [1.29, 1.82) is 0 Å². The molecule has 6 nitrogen and oxygen atoms in total. The number of hydrogen-bond donors (Lipinski definition) is 0.